The Balaban J connectivity index is 2.42. The molecule has 16 heavy (non-hydrogen) atoms. The number of nitrogens with zero attached hydrogens (tertiary/aromatic N) is 2. The van der Waals surface area contributed by atoms with Gasteiger partial charge in [-0.05, 0) is 31.4 Å². The molecule has 1 aromatic heterocycles. The zero-order valence-electron chi connectivity index (χ0n) is 9.57. The van der Waals surface area contributed by atoms with Crippen LogP contribution in [-0.2, 0) is 0 Å². The summed E-state index contributed by atoms with van der Waals surface area (Å²) in [5, 5.41) is 8.96. The van der Waals surface area contributed by atoms with E-state index in [0.717, 1.165) is 18.4 Å². The molecule has 0 spiro atoms. The first-order valence-electron chi connectivity index (χ1n) is 5.86. The van der Waals surface area contributed by atoms with Gasteiger partial charge in [0.25, 0.3) is 5.56 Å². The van der Waals surface area contributed by atoms with E-state index in [1.807, 2.05) is 25.3 Å². The minimum atomic E-state index is -0.116. The Hall–Kier alpha value is -1.56. The Labute approximate surface area is 95.3 Å². The molecule has 1 aliphatic rings. The Bertz CT molecular complexity index is 476. The lowest BCUT2D eigenvalue weighted by Crippen LogP contribution is -2.28. The summed E-state index contributed by atoms with van der Waals surface area (Å²) >= 11 is 0. The third-order valence-corrected chi connectivity index (χ3v) is 3.41. The first-order chi connectivity index (χ1) is 7.74. The average Bonchev–Trinajstić information content (AvgIpc) is 2.31. The van der Waals surface area contributed by atoms with Gasteiger partial charge in [-0.25, -0.2) is 0 Å². The fourth-order valence-corrected chi connectivity index (χ4v) is 2.42. The average molecular weight is 216 g/mol. The molecule has 0 aliphatic heterocycles. The summed E-state index contributed by atoms with van der Waals surface area (Å²) in [5.74, 6) is 0. The highest BCUT2D eigenvalue weighted by atomic mass is 16.1. The minimum Gasteiger partial charge on any atom is -0.311 e. The molecule has 0 amide bonds. The normalized spacial score (nSPS) is 17.0. The Kier molecular flexibility index (Phi) is 3.09. The summed E-state index contributed by atoms with van der Waals surface area (Å²) in [7, 11) is 0. The summed E-state index contributed by atoms with van der Waals surface area (Å²) < 4.78 is 1.75. The van der Waals surface area contributed by atoms with Crippen LogP contribution in [0.5, 0.6) is 0 Å². The molecule has 3 heteroatoms. The first kappa shape index (κ1) is 10.9. The van der Waals surface area contributed by atoms with E-state index >= 15 is 0 Å². The Morgan fingerprint density at radius 1 is 1.38 bits per heavy atom. The molecule has 84 valence electrons. The largest absolute Gasteiger partial charge is 0.311 e. The second-order valence-electron chi connectivity index (χ2n) is 4.49. The highest BCUT2D eigenvalue weighted by Crippen LogP contribution is 2.26. The number of hydrogen-bond acceptors (Lipinski definition) is 2. The van der Waals surface area contributed by atoms with Crippen molar-refractivity contribution in [2.75, 3.05) is 0 Å². The van der Waals surface area contributed by atoms with E-state index < -0.39 is 0 Å². The van der Waals surface area contributed by atoms with Gasteiger partial charge in [-0.2, -0.15) is 5.26 Å². The molecule has 0 unspecified atom stereocenters. The zero-order valence-corrected chi connectivity index (χ0v) is 9.57. The van der Waals surface area contributed by atoms with E-state index in [-0.39, 0.29) is 5.56 Å². The number of aryl methyl sites for hydroxylation is 1. The lowest BCUT2D eigenvalue weighted by molar-refractivity contribution is 0.346. The molecule has 0 N–H and O–H groups in total. The molecule has 0 aromatic carbocycles. The Morgan fingerprint density at radius 3 is 2.69 bits per heavy atom. The van der Waals surface area contributed by atoms with Crippen molar-refractivity contribution >= 4 is 0 Å². The predicted octanol–water partition coefficient (Wildman–Crippen LogP) is 2.53. The summed E-state index contributed by atoms with van der Waals surface area (Å²) in [6.07, 6.45) is 7.61. The van der Waals surface area contributed by atoms with Crippen LogP contribution in [-0.4, -0.2) is 4.57 Å². The second kappa shape index (κ2) is 4.52. The lowest BCUT2D eigenvalue weighted by Gasteiger charge is -2.24. The maximum Gasteiger partial charge on any atom is 0.268 e. The highest BCUT2D eigenvalue weighted by Gasteiger charge is 2.17. The molecule has 1 aliphatic carbocycles. The van der Waals surface area contributed by atoms with Gasteiger partial charge < -0.3 is 4.57 Å². The van der Waals surface area contributed by atoms with Crippen LogP contribution in [0.4, 0.5) is 0 Å². The molecule has 0 radical (unpaired) electrons. The van der Waals surface area contributed by atoms with Crippen molar-refractivity contribution in [2.45, 2.75) is 45.1 Å². The van der Waals surface area contributed by atoms with Crippen LogP contribution < -0.4 is 5.56 Å². The van der Waals surface area contributed by atoms with E-state index in [4.69, 9.17) is 5.26 Å². The predicted molar refractivity (Wildman–Crippen MR) is 62.3 cm³/mol. The number of nitriles is 1. The molecule has 0 atom stereocenters. The molecule has 1 fully saturated rings. The molecule has 0 bridgehead atoms. The van der Waals surface area contributed by atoms with Crippen molar-refractivity contribution in [1.29, 1.82) is 5.26 Å². The van der Waals surface area contributed by atoms with Crippen molar-refractivity contribution in [3.8, 4) is 6.07 Å². The van der Waals surface area contributed by atoms with Crippen molar-refractivity contribution < 1.29 is 0 Å². The standard InChI is InChI=1S/C13H16N2O/c1-10-7-8-15(13(16)12(10)9-14)11-5-3-2-4-6-11/h7-8,11H,2-6H2,1H3. The number of hydrogen-bond donors (Lipinski definition) is 0. The molecule has 2 rings (SSSR count). The van der Waals surface area contributed by atoms with Crippen LogP contribution in [0.1, 0.15) is 49.3 Å². The molecular formula is C13H16N2O. The van der Waals surface area contributed by atoms with Crippen molar-refractivity contribution in [1.82, 2.24) is 4.57 Å². The van der Waals surface area contributed by atoms with E-state index in [0.29, 0.717) is 11.6 Å². The van der Waals surface area contributed by atoms with Gasteiger partial charge >= 0.3 is 0 Å². The van der Waals surface area contributed by atoms with E-state index in [2.05, 4.69) is 0 Å². The third kappa shape index (κ3) is 1.88. The minimum absolute atomic E-state index is 0.116. The molecule has 1 heterocycles. The summed E-state index contributed by atoms with van der Waals surface area (Å²) in [6.45, 7) is 1.81. The molecule has 1 saturated carbocycles. The highest BCUT2D eigenvalue weighted by molar-refractivity contribution is 5.34. The summed E-state index contributed by atoms with van der Waals surface area (Å²) in [5.41, 5.74) is 0.960. The second-order valence-corrected chi connectivity index (χ2v) is 4.49. The van der Waals surface area contributed by atoms with Crippen LogP contribution in [0.3, 0.4) is 0 Å². The summed E-state index contributed by atoms with van der Waals surface area (Å²) in [6, 6.07) is 4.18. The van der Waals surface area contributed by atoms with Gasteiger partial charge in [-0.1, -0.05) is 19.3 Å². The quantitative estimate of drug-likeness (QED) is 0.724. The fraction of sp³-hybridized carbons (Fsp3) is 0.538. The third-order valence-electron chi connectivity index (χ3n) is 3.41. The number of aromatic nitrogens is 1. The molecule has 3 nitrogen and oxygen atoms in total. The Morgan fingerprint density at radius 2 is 2.06 bits per heavy atom. The van der Waals surface area contributed by atoms with Crippen LogP contribution in [0.15, 0.2) is 17.1 Å². The van der Waals surface area contributed by atoms with Crippen molar-refractivity contribution in [3.63, 3.8) is 0 Å². The maximum absolute atomic E-state index is 12.1. The van der Waals surface area contributed by atoms with Crippen molar-refractivity contribution in [3.05, 3.63) is 33.7 Å². The van der Waals surface area contributed by atoms with Gasteiger partial charge in [0.05, 0.1) is 0 Å². The van der Waals surface area contributed by atoms with Gasteiger partial charge in [0.15, 0.2) is 0 Å². The van der Waals surface area contributed by atoms with E-state index in [1.54, 1.807) is 4.57 Å². The van der Waals surface area contributed by atoms with Gasteiger partial charge in [-0.3, -0.25) is 4.79 Å². The SMILES string of the molecule is Cc1ccn(C2CCCCC2)c(=O)c1C#N. The van der Waals surface area contributed by atoms with Crippen LogP contribution in [0, 0.1) is 18.3 Å². The lowest BCUT2D eigenvalue weighted by atomic mass is 9.95. The number of pyridine rings is 1. The molecule has 0 saturated heterocycles. The van der Waals surface area contributed by atoms with Crippen LogP contribution in [0.2, 0.25) is 0 Å². The smallest absolute Gasteiger partial charge is 0.268 e. The van der Waals surface area contributed by atoms with Crippen LogP contribution in [0.25, 0.3) is 0 Å². The van der Waals surface area contributed by atoms with E-state index in [1.165, 1.54) is 19.3 Å². The monoisotopic (exact) mass is 216 g/mol. The maximum atomic E-state index is 12.1. The van der Waals surface area contributed by atoms with Gasteiger partial charge in [0.1, 0.15) is 11.6 Å². The van der Waals surface area contributed by atoms with Gasteiger partial charge in [0, 0.05) is 12.2 Å². The van der Waals surface area contributed by atoms with E-state index in [9.17, 15) is 4.79 Å². The van der Waals surface area contributed by atoms with Gasteiger partial charge in [-0.15, -0.1) is 0 Å². The summed E-state index contributed by atoms with van der Waals surface area (Å²) in [4.78, 5) is 12.1. The number of rotatable bonds is 1. The van der Waals surface area contributed by atoms with Crippen LogP contribution >= 0.6 is 0 Å². The first-order valence-corrected chi connectivity index (χ1v) is 5.86. The topological polar surface area (TPSA) is 45.8 Å². The molecular weight excluding hydrogens is 200 g/mol. The van der Waals surface area contributed by atoms with Crippen molar-refractivity contribution in [2.24, 2.45) is 0 Å². The zero-order chi connectivity index (χ0) is 11.5. The molecule has 1 aromatic rings. The van der Waals surface area contributed by atoms with Gasteiger partial charge in [0.2, 0.25) is 0 Å². The fourth-order valence-electron chi connectivity index (χ4n) is 2.42.